The van der Waals surface area contributed by atoms with Crippen molar-refractivity contribution in [1.29, 1.82) is 0 Å². The quantitative estimate of drug-likeness (QED) is 0.832. The molecule has 0 saturated carbocycles. The van der Waals surface area contributed by atoms with Gasteiger partial charge in [-0.05, 0) is 12.0 Å². The fourth-order valence-corrected chi connectivity index (χ4v) is 2.01. The number of aliphatic carboxylic acids is 1. The third-order valence-corrected chi connectivity index (χ3v) is 3.18. The molecule has 0 spiro atoms. The molecule has 0 bridgehead atoms. The zero-order valence-corrected chi connectivity index (χ0v) is 12.3. The van der Waals surface area contributed by atoms with E-state index in [9.17, 15) is 9.59 Å². The maximum Gasteiger partial charge on any atom is 0.303 e. The molecule has 1 aromatic carbocycles. The van der Waals surface area contributed by atoms with Gasteiger partial charge in [0.25, 0.3) is 5.91 Å². The van der Waals surface area contributed by atoms with E-state index >= 15 is 0 Å². The van der Waals surface area contributed by atoms with Crippen LogP contribution in [0.1, 0.15) is 28.9 Å². The average Bonchev–Trinajstić information content (AvgIpc) is 2.95. The van der Waals surface area contributed by atoms with E-state index in [1.54, 1.807) is 17.9 Å². The second-order valence-corrected chi connectivity index (χ2v) is 5.01. The highest BCUT2D eigenvalue weighted by Gasteiger charge is 2.15. The van der Waals surface area contributed by atoms with Gasteiger partial charge in [-0.3, -0.25) is 9.59 Å². The number of carbonyl (C=O) groups excluding carboxylic acids is 1. The van der Waals surface area contributed by atoms with Gasteiger partial charge in [0.1, 0.15) is 0 Å². The summed E-state index contributed by atoms with van der Waals surface area (Å²) >= 11 is 0. The lowest BCUT2D eigenvalue weighted by atomic mass is 10.2. The Labute approximate surface area is 128 Å². The molecule has 2 aromatic rings. The summed E-state index contributed by atoms with van der Waals surface area (Å²) in [6, 6.07) is 9.76. The second kappa shape index (κ2) is 7.35. The van der Waals surface area contributed by atoms with Crippen LogP contribution < -0.4 is 0 Å². The van der Waals surface area contributed by atoms with Crippen LogP contribution >= 0.6 is 0 Å². The summed E-state index contributed by atoms with van der Waals surface area (Å²) in [5.74, 6) is -1.13. The Kier molecular flexibility index (Phi) is 5.24. The molecule has 0 aliphatic heterocycles. The first-order chi connectivity index (χ1) is 10.6. The van der Waals surface area contributed by atoms with Crippen molar-refractivity contribution in [1.82, 2.24) is 19.9 Å². The minimum Gasteiger partial charge on any atom is -0.481 e. The highest BCUT2D eigenvalue weighted by atomic mass is 16.4. The minimum atomic E-state index is -0.866. The van der Waals surface area contributed by atoms with Crippen LogP contribution in [0.15, 0.2) is 36.5 Å². The maximum atomic E-state index is 12.1. The molecule has 0 aliphatic rings. The number of hydrogen-bond acceptors (Lipinski definition) is 4. The van der Waals surface area contributed by atoms with E-state index in [1.165, 1.54) is 4.90 Å². The van der Waals surface area contributed by atoms with Gasteiger partial charge in [0.05, 0.1) is 12.7 Å². The zero-order chi connectivity index (χ0) is 15.9. The number of rotatable bonds is 7. The monoisotopic (exact) mass is 302 g/mol. The normalized spacial score (nSPS) is 10.4. The largest absolute Gasteiger partial charge is 0.481 e. The van der Waals surface area contributed by atoms with Crippen molar-refractivity contribution < 1.29 is 14.7 Å². The topological polar surface area (TPSA) is 88.3 Å². The average molecular weight is 302 g/mol. The van der Waals surface area contributed by atoms with Crippen molar-refractivity contribution in [2.75, 3.05) is 13.6 Å². The van der Waals surface area contributed by atoms with Crippen LogP contribution in [0.25, 0.3) is 0 Å². The molecule has 1 N–H and O–H groups in total. The van der Waals surface area contributed by atoms with Crippen LogP contribution in [0.4, 0.5) is 0 Å². The molecule has 7 heteroatoms. The first-order valence-corrected chi connectivity index (χ1v) is 6.97. The Morgan fingerprint density at radius 2 is 2.00 bits per heavy atom. The molecule has 1 heterocycles. The SMILES string of the molecule is CN(CCCC(=O)O)C(=O)c1cn(Cc2ccccc2)nn1. The van der Waals surface area contributed by atoms with Gasteiger partial charge in [0.15, 0.2) is 5.69 Å². The summed E-state index contributed by atoms with van der Waals surface area (Å²) < 4.78 is 1.60. The molecule has 1 aromatic heterocycles. The lowest BCUT2D eigenvalue weighted by Crippen LogP contribution is -2.28. The van der Waals surface area contributed by atoms with Gasteiger partial charge in [-0.15, -0.1) is 5.10 Å². The Morgan fingerprint density at radius 1 is 1.27 bits per heavy atom. The predicted molar refractivity (Wildman–Crippen MR) is 79.4 cm³/mol. The molecular formula is C15H18N4O3. The molecule has 22 heavy (non-hydrogen) atoms. The number of carbonyl (C=O) groups is 2. The Balaban J connectivity index is 1.92. The van der Waals surface area contributed by atoms with Crippen LogP contribution in [0.5, 0.6) is 0 Å². The number of aromatic nitrogens is 3. The molecule has 2 rings (SSSR count). The molecule has 0 fully saturated rings. The Bertz CT molecular complexity index is 639. The van der Waals surface area contributed by atoms with Crippen molar-refractivity contribution in [2.45, 2.75) is 19.4 Å². The van der Waals surface area contributed by atoms with Gasteiger partial charge in [0.2, 0.25) is 0 Å². The van der Waals surface area contributed by atoms with E-state index in [1.807, 2.05) is 30.3 Å². The highest BCUT2D eigenvalue weighted by Crippen LogP contribution is 2.04. The fraction of sp³-hybridized carbons (Fsp3) is 0.333. The lowest BCUT2D eigenvalue weighted by molar-refractivity contribution is -0.137. The van der Waals surface area contributed by atoms with E-state index in [0.717, 1.165) is 5.56 Å². The van der Waals surface area contributed by atoms with Gasteiger partial charge in [-0.1, -0.05) is 35.5 Å². The van der Waals surface area contributed by atoms with Crippen molar-refractivity contribution >= 4 is 11.9 Å². The molecule has 7 nitrogen and oxygen atoms in total. The van der Waals surface area contributed by atoms with E-state index in [-0.39, 0.29) is 18.0 Å². The number of amides is 1. The first-order valence-electron chi connectivity index (χ1n) is 6.97. The van der Waals surface area contributed by atoms with E-state index in [4.69, 9.17) is 5.11 Å². The summed E-state index contributed by atoms with van der Waals surface area (Å²) in [5, 5.41) is 16.4. The van der Waals surface area contributed by atoms with Crippen LogP contribution in [0.2, 0.25) is 0 Å². The number of carboxylic acids is 1. The van der Waals surface area contributed by atoms with Gasteiger partial charge < -0.3 is 10.0 Å². The lowest BCUT2D eigenvalue weighted by Gasteiger charge is -2.14. The molecule has 0 atom stereocenters. The minimum absolute atomic E-state index is 0.0400. The van der Waals surface area contributed by atoms with Crippen LogP contribution in [0, 0.1) is 0 Å². The van der Waals surface area contributed by atoms with E-state index < -0.39 is 5.97 Å². The van der Waals surface area contributed by atoms with Gasteiger partial charge in [-0.25, -0.2) is 4.68 Å². The van der Waals surface area contributed by atoms with Crippen molar-refractivity contribution in [3.63, 3.8) is 0 Å². The smallest absolute Gasteiger partial charge is 0.303 e. The predicted octanol–water partition coefficient (Wildman–Crippen LogP) is 1.26. The van der Waals surface area contributed by atoms with Crippen molar-refractivity contribution in [3.05, 3.63) is 47.8 Å². The standard InChI is InChI=1S/C15H18N4O3/c1-18(9-5-8-14(20)21)15(22)13-11-19(17-16-13)10-12-6-3-2-4-7-12/h2-4,6-7,11H,5,8-10H2,1H3,(H,20,21). The maximum absolute atomic E-state index is 12.1. The fourth-order valence-electron chi connectivity index (χ4n) is 2.01. The van der Waals surface area contributed by atoms with Gasteiger partial charge in [-0.2, -0.15) is 0 Å². The van der Waals surface area contributed by atoms with E-state index in [0.29, 0.717) is 19.5 Å². The van der Waals surface area contributed by atoms with Gasteiger partial charge in [0, 0.05) is 20.0 Å². The van der Waals surface area contributed by atoms with Crippen LogP contribution in [0.3, 0.4) is 0 Å². The summed E-state index contributed by atoms with van der Waals surface area (Å²) in [6.07, 6.45) is 2.05. The summed E-state index contributed by atoms with van der Waals surface area (Å²) in [7, 11) is 1.63. The number of benzene rings is 1. The van der Waals surface area contributed by atoms with Crippen molar-refractivity contribution in [3.8, 4) is 0 Å². The number of carboxylic acid groups (broad SMARTS) is 1. The summed E-state index contributed by atoms with van der Waals surface area (Å²) in [4.78, 5) is 24.1. The van der Waals surface area contributed by atoms with Crippen LogP contribution in [-0.4, -0.2) is 50.5 Å². The van der Waals surface area contributed by atoms with Crippen LogP contribution in [-0.2, 0) is 11.3 Å². The third-order valence-electron chi connectivity index (χ3n) is 3.18. The highest BCUT2D eigenvalue weighted by molar-refractivity contribution is 5.91. The second-order valence-electron chi connectivity index (χ2n) is 5.01. The zero-order valence-electron chi connectivity index (χ0n) is 12.3. The Morgan fingerprint density at radius 3 is 2.68 bits per heavy atom. The molecule has 0 unspecified atom stereocenters. The molecule has 0 aliphatic carbocycles. The molecular weight excluding hydrogens is 284 g/mol. The molecule has 0 radical (unpaired) electrons. The summed E-state index contributed by atoms with van der Waals surface area (Å²) in [5.41, 5.74) is 1.33. The number of nitrogens with zero attached hydrogens (tertiary/aromatic N) is 4. The molecule has 1 amide bonds. The molecule has 116 valence electrons. The van der Waals surface area contributed by atoms with E-state index in [2.05, 4.69) is 10.3 Å². The Hall–Kier alpha value is -2.70. The molecule has 0 saturated heterocycles. The number of hydrogen-bond donors (Lipinski definition) is 1. The summed E-state index contributed by atoms with van der Waals surface area (Å²) in [6.45, 7) is 0.917. The van der Waals surface area contributed by atoms with Gasteiger partial charge >= 0.3 is 5.97 Å². The van der Waals surface area contributed by atoms with Crippen molar-refractivity contribution in [2.24, 2.45) is 0 Å². The first kappa shape index (κ1) is 15.7. The third kappa shape index (κ3) is 4.41.